The summed E-state index contributed by atoms with van der Waals surface area (Å²) >= 11 is 0. The smallest absolute Gasteiger partial charge is 0.214 e. The third-order valence-corrected chi connectivity index (χ3v) is 0.869. The van der Waals surface area contributed by atoms with Crippen LogP contribution in [0.25, 0.3) is 0 Å². The first-order chi connectivity index (χ1) is 4.43. The molecule has 1 rings (SSSR count). The summed E-state index contributed by atoms with van der Waals surface area (Å²) in [6, 6.07) is 5.42. The van der Waals surface area contributed by atoms with E-state index in [1.54, 1.807) is 12.3 Å². The van der Waals surface area contributed by atoms with Gasteiger partial charge in [-0.15, -0.1) is 0 Å². The Morgan fingerprint density at radius 3 is 3.00 bits per heavy atom. The van der Waals surface area contributed by atoms with Crippen LogP contribution in [-0.2, 0) is 0 Å². The number of nitrogens with zero attached hydrogens (tertiary/aromatic N) is 1. The second-order valence-electron chi connectivity index (χ2n) is 1.48. The van der Waals surface area contributed by atoms with Crippen molar-refractivity contribution in [3.63, 3.8) is 0 Å². The lowest BCUT2D eigenvalue weighted by Crippen LogP contribution is -2.07. The maximum atomic E-state index is 5.10. The normalized spacial score (nSPS) is 9.00. The van der Waals surface area contributed by atoms with Gasteiger partial charge >= 0.3 is 0 Å². The number of hydrogen-bond donors (Lipinski definition) is 1. The fraction of sp³-hybridized carbons (Fsp3) is 0.167. The highest BCUT2D eigenvalue weighted by molar-refractivity contribution is 5.08. The van der Waals surface area contributed by atoms with Crippen LogP contribution < -0.4 is 10.5 Å². The molecule has 0 aromatic carbocycles. The van der Waals surface area contributed by atoms with Gasteiger partial charge in [0.2, 0.25) is 5.88 Å². The Kier molecular flexibility index (Phi) is 2.04. The highest BCUT2D eigenvalue weighted by atomic mass is 16.5. The Morgan fingerprint density at radius 1 is 1.56 bits per heavy atom. The van der Waals surface area contributed by atoms with Crippen molar-refractivity contribution in [2.24, 2.45) is 5.73 Å². The molecule has 0 saturated heterocycles. The van der Waals surface area contributed by atoms with Crippen molar-refractivity contribution in [2.45, 2.75) is 0 Å². The number of pyridine rings is 1. The summed E-state index contributed by atoms with van der Waals surface area (Å²) in [7, 11) is 0. The lowest BCUT2D eigenvalue weighted by atomic mass is 10.5. The second-order valence-corrected chi connectivity index (χ2v) is 1.48. The van der Waals surface area contributed by atoms with Crippen molar-refractivity contribution < 1.29 is 4.74 Å². The van der Waals surface area contributed by atoms with Gasteiger partial charge in [0, 0.05) is 12.3 Å². The van der Waals surface area contributed by atoms with Crippen molar-refractivity contribution in [3.05, 3.63) is 24.4 Å². The Bertz CT molecular complexity index is 164. The third-order valence-electron chi connectivity index (χ3n) is 0.869. The molecule has 0 amide bonds. The molecule has 2 N–H and O–H groups in total. The molecule has 48 valence electrons. The zero-order valence-electron chi connectivity index (χ0n) is 4.95. The van der Waals surface area contributed by atoms with Gasteiger partial charge in [0.05, 0.1) is 0 Å². The van der Waals surface area contributed by atoms with Crippen molar-refractivity contribution in [1.82, 2.24) is 4.98 Å². The van der Waals surface area contributed by atoms with E-state index in [9.17, 15) is 0 Å². The lowest BCUT2D eigenvalue weighted by Gasteiger charge is -1.97. The van der Waals surface area contributed by atoms with Crippen LogP contribution in [-0.4, -0.2) is 11.7 Å². The van der Waals surface area contributed by atoms with Crippen LogP contribution in [0.4, 0.5) is 0 Å². The van der Waals surface area contributed by atoms with Gasteiger partial charge in [0.25, 0.3) is 0 Å². The van der Waals surface area contributed by atoms with Gasteiger partial charge in [-0.25, -0.2) is 4.98 Å². The molecule has 0 fully saturated rings. The topological polar surface area (TPSA) is 48.1 Å². The fourth-order valence-corrected chi connectivity index (χ4v) is 0.518. The Hall–Kier alpha value is -1.09. The molecule has 0 radical (unpaired) electrons. The molecular weight excluding hydrogens is 116 g/mol. The van der Waals surface area contributed by atoms with E-state index in [0.29, 0.717) is 5.88 Å². The van der Waals surface area contributed by atoms with Gasteiger partial charge in [-0.1, -0.05) is 6.07 Å². The van der Waals surface area contributed by atoms with E-state index in [-0.39, 0.29) is 6.73 Å². The maximum absolute atomic E-state index is 5.10. The van der Waals surface area contributed by atoms with Crippen molar-refractivity contribution >= 4 is 0 Å². The summed E-state index contributed by atoms with van der Waals surface area (Å²) < 4.78 is 4.87. The van der Waals surface area contributed by atoms with Gasteiger partial charge in [-0.05, 0) is 6.07 Å². The van der Waals surface area contributed by atoms with Gasteiger partial charge in [0.1, 0.15) is 6.73 Å². The highest BCUT2D eigenvalue weighted by Crippen LogP contribution is 2.00. The largest absolute Gasteiger partial charge is 0.462 e. The molecule has 1 aromatic rings. The van der Waals surface area contributed by atoms with Crippen molar-refractivity contribution in [2.75, 3.05) is 6.73 Å². The maximum Gasteiger partial charge on any atom is 0.214 e. The van der Waals surface area contributed by atoms with Crippen LogP contribution in [0.5, 0.6) is 5.88 Å². The van der Waals surface area contributed by atoms with Gasteiger partial charge < -0.3 is 4.74 Å². The summed E-state index contributed by atoms with van der Waals surface area (Å²) in [4.78, 5) is 3.87. The first kappa shape index (κ1) is 6.04. The quantitative estimate of drug-likeness (QED) is 0.580. The van der Waals surface area contributed by atoms with E-state index >= 15 is 0 Å². The second kappa shape index (κ2) is 3.04. The zero-order chi connectivity index (χ0) is 6.53. The lowest BCUT2D eigenvalue weighted by molar-refractivity contribution is 0.317. The summed E-state index contributed by atoms with van der Waals surface area (Å²) in [5, 5.41) is 0. The van der Waals surface area contributed by atoms with E-state index < -0.39 is 0 Å². The summed E-state index contributed by atoms with van der Waals surface area (Å²) in [5.41, 5.74) is 5.10. The van der Waals surface area contributed by atoms with E-state index in [2.05, 4.69) is 4.98 Å². The van der Waals surface area contributed by atoms with Crippen LogP contribution in [0.1, 0.15) is 0 Å². The zero-order valence-corrected chi connectivity index (χ0v) is 4.95. The summed E-state index contributed by atoms with van der Waals surface area (Å²) in [6.45, 7) is 0.178. The highest BCUT2D eigenvalue weighted by Gasteiger charge is 1.85. The standard InChI is InChI=1S/C6H8N2O/c7-5-9-6-3-1-2-4-8-6/h1-4H,5,7H2. The van der Waals surface area contributed by atoms with Crippen LogP contribution in [0.3, 0.4) is 0 Å². The number of nitrogens with two attached hydrogens (primary N) is 1. The molecule has 0 spiro atoms. The number of hydrogen-bond acceptors (Lipinski definition) is 3. The summed E-state index contributed by atoms with van der Waals surface area (Å²) in [5.74, 6) is 0.569. The first-order valence-electron chi connectivity index (χ1n) is 2.67. The SMILES string of the molecule is NCOc1ccccn1. The molecule has 0 saturated carbocycles. The molecule has 0 bridgehead atoms. The molecule has 0 unspecified atom stereocenters. The molecule has 0 aliphatic rings. The van der Waals surface area contributed by atoms with Gasteiger partial charge in [-0.3, -0.25) is 5.73 Å². The number of aromatic nitrogens is 1. The predicted molar refractivity (Wildman–Crippen MR) is 33.9 cm³/mol. The minimum Gasteiger partial charge on any atom is -0.462 e. The van der Waals surface area contributed by atoms with Crippen molar-refractivity contribution in [1.29, 1.82) is 0 Å². The molecule has 3 nitrogen and oxygen atoms in total. The van der Waals surface area contributed by atoms with E-state index in [0.717, 1.165) is 0 Å². The Labute approximate surface area is 53.5 Å². The first-order valence-corrected chi connectivity index (χ1v) is 2.67. The van der Waals surface area contributed by atoms with Gasteiger partial charge in [-0.2, -0.15) is 0 Å². The fourth-order valence-electron chi connectivity index (χ4n) is 0.518. The van der Waals surface area contributed by atoms with Crippen LogP contribution in [0.2, 0.25) is 0 Å². The number of ether oxygens (including phenoxy) is 1. The monoisotopic (exact) mass is 124 g/mol. The van der Waals surface area contributed by atoms with Crippen molar-refractivity contribution in [3.8, 4) is 5.88 Å². The van der Waals surface area contributed by atoms with Gasteiger partial charge in [0.15, 0.2) is 0 Å². The van der Waals surface area contributed by atoms with E-state index in [4.69, 9.17) is 10.5 Å². The molecule has 0 aliphatic carbocycles. The molecule has 9 heavy (non-hydrogen) atoms. The number of rotatable bonds is 2. The molecule has 0 aliphatic heterocycles. The average Bonchev–Trinajstić information content (AvgIpc) is 1.91. The average molecular weight is 124 g/mol. The van der Waals surface area contributed by atoms with Crippen LogP contribution in [0.15, 0.2) is 24.4 Å². The molecular formula is C6H8N2O. The molecule has 1 aromatic heterocycles. The van der Waals surface area contributed by atoms with Crippen LogP contribution >= 0.6 is 0 Å². The summed E-state index contributed by atoms with van der Waals surface area (Å²) in [6.07, 6.45) is 1.66. The van der Waals surface area contributed by atoms with E-state index in [1.807, 2.05) is 12.1 Å². The molecule has 3 heteroatoms. The van der Waals surface area contributed by atoms with Crippen LogP contribution in [0, 0.1) is 0 Å². The third kappa shape index (κ3) is 1.70. The minimum absolute atomic E-state index is 0.178. The molecule has 1 heterocycles. The predicted octanol–water partition coefficient (Wildman–Crippen LogP) is 0.377. The Balaban J connectivity index is 2.61. The Morgan fingerprint density at radius 2 is 2.44 bits per heavy atom. The molecule has 0 atom stereocenters. The minimum atomic E-state index is 0.178. The van der Waals surface area contributed by atoms with E-state index in [1.165, 1.54) is 0 Å².